The van der Waals surface area contributed by atoms with Crippen molar-refractivity contribution in [2.75, 3.05) is 20.8 Å². The summed E-state index contributed by atoms with van der Waals surface area (Å²) in [7, 11) is 3.28. The molecule has 38 heavy (non-hydrogen) atoms. The fourth-order valence-corrected chi connectivity index (χ4v) is 6.34. The van der Waals surface area contributed by atoms with Gasteiger partial charge in [-0.2, -0.15) is 0 Å². The Morgan fingerprint density at radius 2 is 1.87 bits per heavy atom. The maximum Gasteiger partial charge on any atom is 0.271 e. The van der Waals surface area contributed by atoms with Gasteiger partial charge in [-0.25, -0.2) is 4.99 Å². The first kappa shape index (κ1) is 24.2. The number of benzene rings is 3. The summed E-state index contributed by atoms with van der Waals surface area (Å²) in [5, 5.41) is 0. The van der Waals surface area contributed by atoms with E-state index in [1.54, 1.807) is 14.2 Å². The molecule has 1 aromatic heterocycles. The number of hydrogen-bond acceptors (Lipinski definition) is 6. The summed E-state index contributed by atoms with van der Waals surface area (Å²) in [5.74, 6) is 2.08. The van der Waals surface area contributed by atoms with E-state index in [1.807, 2.05) is 54.0 Å². The van der Waals surface area contributed by atoms with Gasteiger partial charge in [-0.15, -0.1) is 0 Å². The van der Waals surface area contributed by atoms with E-state index in [4.69, 9.17) is 19.2 Å². The lowest BCUT2D eigenvalue weighted by atomic mass is 9.83. The van der Waals surface area contributed by atoms with Crippen molar-refractivity contribution in [1.29, 1.82) is 0 Å². The number of allylic oxidation sites excluding steroid dienone is 1. The normalized spacial score (nSPS) is 16.3. The van der Waals surface area contributed by atoms with Crippen molar-refractivity contribution < 1.29 is 14.2 Å². The predicted octanol–water partition coefficient (Wildman–Crippen LogP) is 4.73. The first-order valence-electron chi connectivity index (χ1n) is 12.7. The summed E-state index contributed by atoms with van der Waals surface area (Å²) >= 11 is 1.42. The van der Waals surface area contributed by atoms with E-state index in [-0.39, 0.29) is 11.6 Å². The minimum atomic E-state index is -0.248. The van der Waals surface area contributed by atoms with Crippen LogP contribution in [0.15, 0.2) is 82.1 Å². The third-order valence-electron chi connectivity index (χ3n) is 7.07. The summed E-state index contributed by atoms with van der Waals surface area (Å²) in [4.78, 5) is 19.8. The molecule has 0 bridgehead atoms. The highest BCUT2D eigenvalue weighted by molar-refractivity contribution is 7.07. The Morgan fingerprint density at radius 1 is 1.00 bits per heavy atom. The molecule has 6 nitrogen and oxygen atoms in total. The van der Waals surface area contributed by atoms with E-state index in [0.717, 1.165) is 41.0 Å². The Labute approximate surface area is 224 Å². The molecular formula is C31H28N2O4S. The average Bonchev–Trinajstić information content (AvgIpc) is 3.26. The number of fused-ring (bicyclic) bond motifs is 3. The second-order valence-electron chi connectivity index (χ2n) is 9.23. The Balaban J connectivity index is 1.57. The van der Waals surface area contributed by atoms with Crippen LogP contribution >= 0.6 is 11.3 Å². The molecule has 1 aliphatic carbocycles. The molecule has 2 aliphatic rings. The summed E-state index contributed by atoms with van der Waals surface area (Å²) in [6.07, 6.45) is 3.67. The Morgan fingerprint density at radius 3 is 2.68 bits per heavy atom. The van der Waals surface area contributed by atoms with E-state index in [0.29, 0.717) is 27.4 Å². The van der Waals surface area contributed by atoms with Crippen molar-refractivity contribution in [3.63, 3.8) is 0 Å². The van der Waals surface area contributed by atoms with Gasteiger partial charge in [-0.1, -0.05) is 53.8 Å². The van der Waals surface area contributed by atoms with Crippen molar-refractivity contribution in [2.45, 2.75) is 25.8 Å². The summed E-state index contributed by atoms with van der Waals surface area (Å²) in [5.41, 5.74) is 6.42. The quantitative estimate of drug-likeness (QED) is 0.366. The molecule has 192 valence electrons. The molecule has 0 saturated heterocycles. The van der Waals surface area contributed by atoms with Crippen LogP contribution in [0.4, 0.5) is 0 Å². The smallest absolute Gasteiger partial charge is 0.271 e. The molecule has 3 aromatic carbocycles. The van der Waals surface area contributed by atoms with Gasteiger partial charge in [-0.3, -0.25) is 9.36 Å². The molecule has 7 heteroatoms. The van der Waals surface area contributed by atoms with E-state index in [9.17, 15) is 4.79 Å². The number of ether oxygens (including phenoxy) is 3. The van der Waals surface area contributed by atoms with Crippen molar-refractivity contribution >= 4 is 23.1 Å². The first-order chi connectivity index (χ1) is 18.6. The highest BCUT2D eigenvalue weighted by atomic mass is 32.1. The third-order valence-corrected chi connectivity index (χ3v) is 8.05. The van der Waals surface area contributed by atoms with Crippen LogP contribution in [0, 0.1) is 0 Å². The lowest BCUT2D eigenvalue weighted by molar-refractivity contribution is 0.311. The topological polar surface area (TPSA) is 62.0 Å². The summed E-state index contributed by atoms with van der Waals surface area (Å²) in [6, 6.07) is 21.9. The van der Waals surface area contributed by atoms with E-state index < -0.39 is 0 Å². The van der Waals surface area contributed by atoms with Crippen LogP contribution in [0.1, 0.15) is 41.6 Å². The van der Waals surface area contributed by atoms with Gasteiger partial charge < -0.3 is 14.2 Å². The summed E-state index contributed by atoms with van der Waals surface area (Å²) < 4.78 is 19.2. The zero-order valence-electron chi connectivity index (χ0n) is 21.6. The maximum atomic E-state index is 14.0. The number of thiazole rings is 1. The van der Waals surface area contributed by atoms with Gasteiger partial charge >= 0.3 is 0 Å². The summed E-state index contributed by atoms with van der Waals surface area (Å²) in [6.45, 7) is 2.46. The van der Waals surface area contributed by atoms with Gasteiger partial charge in [0.25, 0.3) is 5.56 Å². The molecule has 0 fully saturated rings. The Kier molecular flexibility index (Phi) is 6.37. The average molecular weight is 525 g/mol. The molecule has 0 spiro atoms. The maximum absolute atomic E-state index is 14.0. The number of nitrogens with zero attached hydrogens (tertiary/aromatic N) is 2. The van der Waals surface area contributed by atoms with Crippen molar-refractivity contribution in [1.82, 2.24) is 4.57 Å². The molecule has 0 saturated carbocycles. The van der Waals surface area contributed by atoms with Gasteiger partial charge in [0.15, 0.2) is 16.3 Å². The standard InChI is InChI=1S/C31H28N2O4S/c1-4-37-26-16-19(12-15-25(26)36-3)17-27-30(34)33-29(21-9-7-10-22(18-21)35-2)24-14-13-20-8-5-6-11-23(20)28(24)32-31(33)38-27/h5-12,15-18,29H,4,13-14H2,1-3H3. The molecule has 2 heterocycles. The molecule has 0 amide bonds. The molecule has 4 aromatic rings. The SMILES string of the molecule is CCOc1cc(C=c2sc3n(c2=O)C(c2cccc(OC)c2)C2=C(N=3)c3ccccc3CC2)ccc1OC. The largest absolute Gasteiger partial charge is 0.497 e. The highest BCUT2D eigenvalue weighted by Gasteiger charge is 2.32. The van der Waals surface area contributed by atoms with Gasteiger partial charge in [0.1, 0.15) is 5.75 Å². The molecule has 0 radical (unpaired) electrons. The fraction of sp³-hybridized carbons (Fsp3) is 0.226. The van der Waals surface area contributed by atoms with Gasteiger partial charge in [0.2, 0.25) is 0 Å². The molecule has 0 N–H and O–H groups in total. The second-order valence-corrected chi connectivity index (χ2v) is 10.2. The van der Waals surface area contributed by atoms with Crippen LogP contribution in [0.5, 0.6) is 17.2 Å². The Hall–Kier alpha value is -4.10. The molecule has 1 aliphatic heterocycles. The molecular weight excluding hydrogens is 496 g/mol. The number of hydrogen-bond donors (Lipinski definition) is 0. The molecule has 1 unspecified atom stereocenters. The number of methoxy groups -OCH3 is 2. The Bertz CT molecular complexity index is 1750. The number of aryl methyl sites for hydroxylation is 1. The highest BCUT2D eigenvalue weighted by Crippen LogP contribution is 2.41. The lowest BCUT2D eigenvalue weighted by Gasteiger charge is -2.31. The van der Waals surface area contributed by atoms with E-state index in [2.05, 4.69) is 30.3 Å². The predicted molar refractivity (Wildman–Crippen MR) is 150 cm³/mol. The molecule has 1 atom stereocenters. The lowest BCUT2D eigenvalue weighted by Crippen LogP contribution is -2.38. The zero-order valence-corrected chi connectivity index (χ0v) is 22.4. The van der Waals surface area contributed by atoms with Gasteiger partial charge in [0.05, 0.1) is 37.1 Å². The van der Waals surface area contributed by atoms with Crippen LogP contribution in [-0.4, -0.2) is 25.4 Å². The van der Waals surface area contributed by atoms with Gasteiger partial charge in [0, 0.05) is 5.56 Å². The molecule has 6 rings (SSSR count). The van der Waals surface area contributed by atoms with Crippen molar-refractivity contribution in [2.24, 2.45) is 4.99 Å². The van der Waals surface area contributed by atoms with Crippen LogP contribution < -0.4 is 29.1 Å². The van der Waals surface area contributed by atoms with Gasteiger partial charge in [-0.05, 0) is 72.4 Å². The van der Waals surface area contributed by atoms with Crippen LogP contribution in [0.2, 0.25) is 0 Å². The minimum absolute atomic E-state index is 0.0549. The van der Waals surface area contributed by atoms with E-state index in [1.165, 1.54) is 22.5 Å². The third kappa shape index (κ3) is 4.13. The van der Waals surface area contributed by atoms with Crippen LogP contribution in [-0.2, 0) is 6.42 Å². The van der Waals surface area contributed by atoms with Crippen LogP contribution in [0.3, 0.4) is 0 Å². The minimum Gasteiger partial charge on any atom is -0.497 e. The zero-order chi connectivity index (χ0) is 26.2. The number of rotatable bonds is 6. The van der Waals surface area contributed by atoms with Crippen molar-refractivity contribution in [3.8, 4) is 17.2 Å². The second kappa shape index (κ2) is 9.99. The first-order valence-corrected chi connectivity index (χ1v) is 13.5. The number of aromatic nitrogens is 1. The van der Waals surface area contributed by atoms with Crippen molar-refractivity contribution in [3.05, 3.63) is 114 Å². The van der Waals surface area contributed by atoms with Crippen LogP contribution in [0.25, 0.3) is 11.8 Å². The fourth-order valence-electron chi connectivity index (χ4n) is 5.34. The van der Waals surface area contributed by atoms with E-state index >= 15 is 0 Å². The monoisotopic (exact) mass is 524 g/mol.